The van der Waals surface area contributed by atoms with Gasteiger partial charge in [0.25, 0.3) is 0 Å². The quantitative estimate of drug-likeness (QED) is 0.622. The van der Waals surface area contributed by atoms with Crippen LogP contribution in [-0.2, 0) is 0 Å². The maximum absolute atomic E-state index is 2.36. The third-order valence-corrected chi connectivity index (χ3v) is 1.86. The molecule has 0 spiro atoms. The van der Waals surface area contributed by atoms with Crippen LogP contribution in [0.25, 0.3) is 0 Å². The van der Waals surface area contributed by atoms with Crippen LogP contribution in [0.5, 0.6) is 0 Å². The van der Waals surface area contributed by atoms with Crippen LogP contribution >= 0.6 is 0 Å². The van der Waals surface area contributed by atoms with E-state index in [9.17, 15) is 0 Å². The van der Waals surface area contributed by atoms with Gasteiger partial charge in [0.2, 0.25) is 0 Å². The standard InChI is InChI=1S/C9H23N3.Ba/c1-10(2)6-8-12(5)9-7-11(3)4;/h6-9H2,1-5H3;. The summed E-state index contributed by atoms with van der Waals surface area (Å²) in [6.45, 7) is 4.59. The van der Waals surface area contributed by atoms with Crippen molar-refractivity contribution >= 4 is 48.9 Å². The number of rotatable bonds is 6. The van der Waals surface area contributed by atoms with Gasteiger partial charge in [0.05, 0.1) is 0 Å². The van der Waals surface area contributed by atoms with Crippen LogP contribution < -0.4 is 0 Å². The summed E-state index contributed by atoms with van der Waals surface area (Å²) >= 11 is 0. The molecule has 0 amide bonds. The zero-order valence-electron chi connectivity index (χ0n) is 9.88. The van der Waals surface area contributed by atoms with Gasteiger partial charge < -0.3 is 14.7 Å². The maximum atomic E-state index is 2.36. The first-order chi connectivity index (χ1) is 5.52. The van der Waals surface area contributed by atoms with E-state index in [1.54, 1.807) is 0 Å². The minimum Gasteiger partial charge on any atom is -0.308 e. The van der Waals surface area contributed by atoms with Crippen molar-refractivity contribution in [3.8, 4) is 0 Å². The first kappa shape index (κ1) is 16.9. The van der Waals surface area contributed by atoms with Gasteiger partial charge in [0.15, 0.2) is 0 Å². The van der Waals surface area contributed by atoms with Crippen LogP contribution in [0.3, 0.4) is 0 Å². The van der Waals surface area contributed by atoms with Gasteiger partial charge >= 0.3 is 0 Å². The van der Waals surface area contributed by atoms with Crippen molar-refractivity contribution < 1.29 is 0 Å². The van der Waals surface area contributed by atoms with Gasteiger partial charge in [-0.15, -0.1) is 0 Å². The molecular formula is C9H23BaN3. The van der Waals surface area contributed by atoms with E-state index in [-0.39, 0.29) is 48.9 Å². The Kier molecular flexibility index (Phi) is 13.0. The molecule has 2 radical (unpaired) electrons. The van der Waals surface area contributed by atoms with Gasteiger partial charge in [-0.2, -0.15) is 0 Å². The Bertz CT molecular complexity index is 95.0. The minimum atomic E-state index is 0. The molecule has 0 heterocycles. The summed E-state index contributed by atoms with van der Waals surface area (Å²) in [5.41, 5.74) is 0. The predicted octanol–water partition coefficient (Wildman–Crippen LogP) is -0.339. The number of hydrogen-bond acceptors (Lipinski definition) is 3. The molecule has 0 aliphatic heterocycles. The average Bonchev–Trinajstić information content (AvgIpc) is 1.96. The van der Waals surface area contributed by atoms with Crippen LogP contribution in [0.1, 0.15) is 0 Å². The van der Waals surface area contributed by atoms with Gasteiger partial charge in [0, 0.05) is 75.1 Å². The zero-order chi connectivity index (χ0) is 9.56. The molecule has 0 N–H and O–H groups in total. The van der Waals surface area contributed by atoms with E-state index < -0.39 is 0 Å². The van der Waals surface area contributed by atoms with Crippen LogP contribution in [-0.4, -0.2) is 125 Å². The Balaban J connectivity index is 0. The van der Waals surface area contributed by atoms with Gasteiger partial charge in [-0.1, -0.05) is 0 Å². The van der Waals surface area contributed by atoms with Gasteiger partial charge in [-0.3, -0.25) is 0 Å². The Labute approximate surface area is 124 Å². The van der Waals surface area contributed by atoms with E-state index in [1.807, 2.05) is 0 Å². The van der Waals surface area contributed by atoms with E-state index in [0.717, 1.165) is 26.2 Å². The maximum Gasteiger partial charge on any atom is 0.0107 e. The number of hydrogen-bond donors (Lipinski definition) is 0. The van der Waals surface area contributed by atoms with Gasteiger partial charge in [-0.25, -0.2) is 0 Å². The van der Waals surface area contributed by atoms with Gasteiger partial charge in [-0.05, 0) is 35.2 Å². The van der Waals surface area contributed by atoms with E-state index in [4.69, 9.17) is 0 Å². The van der Waals surface area contributed by atoms with E-state index in [1.165, 1.54) is 0 Å². The van der Waals surface area contributed by atoms with Gasteiger partial charge in [0.1, 0.15) is 0 Å². The molecule has 0 saturated carbocycles. The fraction of sp³-hybridized carbons (Fsp3) is 1.00. The minimum absolute atomic E-state index is 0. The zero-order valence-corrected chi connectivity index (χ0v) is 14.3. The molecule has 0 aromatic heterocycles. The fourth-order valence-corrected chi connectivity index (χ4v) is 0.853. The summed E-state index contributed by atoms with van der Waals surface area (Å²) < 4.78 is 0. The van der Waals surface area contributed by atoms with Crippen molar-refractivity contribution in [1.29, 1.82) is 0 Å². The Morgan fingerprint density at radius 2 is 0.923 bits per heavy atom. The Hall–Kier alpha value is 1.45. The Morgan fingerprint density at radius 3 is 1.15 bits per heavy atom. The average molecular weight is 311 g/mol. The molecule has 0 aromatic carbocycles. The van der Waals surface area contributed by atoms with Crippen molar-refractivity contribution in [3.05, 3.63) is 0 Å². The second kappa shape index (κ2) is 9.99. The summed E-state index contributed by atoms with van der Waals surface area (Å²) in [7, 11) is 10.6. The molecule has 0 aromatic rings. The van der Waals surface area contributed by atoms with Crippen LogP contribution in [0.4, 0.5) is 0 Å². The van der Waals surface area contributed by atoms with E-state index >= 15 is 0 Å². The molecule has 0 atom stereocenters. The van der Waals surface area contributed by atoms with E-state index in [0.29, 0.717) is 0 Å². The molecule has 0 aliphatic rings. The molecule has 0 bridgehead atoms. The van der Waals surface area contributed by atoms with Crippen molar-refractivity contribution in [2.24, 2.45) is 0 Å². The molecule has 0 unspecified atom stereocenters. The topological polar surface area (TPSA) is 9.72 Å². The first-order valence-electron chi connectivity index (χ1n) is 4.50. The first-order valence-corrected chi connectivity index (χ1v) is 4.50. The molecule has 0 aliphatic carbocycles. The molecule has 0 rings (SSSR count). The summed E-state index contributed by atoms with van der Waals surface area (Å²) in [6, 6.07) is 0. The van der Waals surface area contributed by atoms with Crippen molar-refractivity contribution in [2.75, 3.05) is 61.4 Å². The molecular weight excluding hydrogens is 287 g/mol. The summed E-state index contributed by atoms with van der Waals surface area (Å²) in [5.74, 6) is 0. The smallest absolute Gasteiger partial charge is 0.0107 e. The number of nitrogens with zero attached hydrogens (tertiary/aromatic N) is 3. The normalized spacial score (nSPS) is 11.1. The molecule has 76 valence electrons. The summed E-state index contributed by atoms with van der Waals surface area (Å²) in [5, 5.41) is 0. The van der Waals surface area contributed by atoms with Crippen molar-refractivity contribution in [1.82, 2.24) is 14.7 Å². The third-order valence-electron chi connectivity index (χ3n) is 1.86. The monoisotopic (exact) mass is 311 g/mol. The Morgan fingerprint density at radius 1 is 0.615 bits per heavy atom. The SMILES string of the molecule is CN(C)CCN(C)CCN(C)C.[Ba]. The molecule has 3 nitrogen and oxygen atoms in total. The second-order valence-electron chi connectivity index (χ2n) is 3.91. The largest absolute Gasteiger partial charge is 0.308 e. The van der Waals surface area contributed by atoms with Crippen LogP contribution in [0.2, 0.25) is 0 Å². The van der Waals surface area contributed by atoms with Crippen LogP contribution in [0, 0.1) is 0 Å². The molecule has 4 heteroatoms. The molecule has 13 heavy (non-hydrogen) atoms. The number of likely N-dealkylation sites (N-methyl/N-ethyl adjacent to an activating group) is 3. The third kappa shape index (κ3) is 13.5. The molecule has 0 saturated heterocycles. The summed E-state index contributed by atoms with van der Waals surface area (Å²) in [4.78, 5) is 6.79. The van der Waals surface area contributed by atoms with E-state index in [2.05, 4.69) is 49.9 Å². The second-order valence-corrected chi connectivity index (χ2v) is 3.91. The van der Waals surface area contributed by atoms with Crippen molar-refractivity contribution in [3.63, 3.8) is 0 Å². The van der Waals surface area contributed by atoms with Crippen LogP contribution in [0.15, 0.2) is 0 Å². The summed E-state index contributed by atoms with van der Waals surface area (Å²) in [6.07, 6.45) is 0. The fourth-order valence-electron chi connectivity index (χ4n) is 0.853. The predicted molar refractivity (Wildman–Crippen MR) is 60.4 cm³/mol. The molecule has 0 fully saturated rings. The van der Waals surface area contributed by atoms with Crippen molar-refractivity contribution in [2.45, 2.75) is 0 Å².